The minimum Gasteiger partial charge on any atom is -0.394 e. The van der Waals surface area contributed by atoms with Crippen LogP contribution in [-0.2, 0) is 9.53 Å². The normalized spacial score (nSPS) is 18.8. The molecule has 1 aliphatic heterocycles. The van der Waals surface area contributed by atoms with Crippen LogP contribution in [0.2, 0.25) is 0 Å². The molecule has 0 aromatic heterocycles. The van der Waals surface area contributed by atoms with E-state index in [0.717, 1.165) is 19.3 Å². The molecule has 0 spiro atoms. The van der Waals surface area contributed by atoms with Gasteiger partial charge in [-0.05, 0) is 12.8 Å². The number of ether oxygens (including phenoxy) is 1. The first-order valence-corrected chi connectivity index (χ1v) is 12.2. The smallest absolute Gasteiger partial charge is 0.222 e. The quantitative estimate of drug-likeness (QED) is 0.319. The summed E-state index contributed by atoms with van der Waals surface area (Å²) in [7, 11) is 1.68. The molecule has 1 saturated heterocycles. The Bertz CT molecular complexity index is 349. The monoisotopic (exact) mass is 399 g/mol. The van der Waals surface area contributed by atoms with Crippen molar-refractivity contribution in [2.75, 3.05) is 20.3 Å². The van der Waals surface area contributed by atoms with Crippen molar-refractivity contribution in [1.29, 1.82) is 0 Å². The second-order valence-corrected chi connectivity index (χ2v) is 7.97. The zero-order chi connectivity index (χ0) is 21.0. The van der Waals surface area contributed by atoms with E-state index >= 15 is 0 Å². The van der Waals surface area contributed by atoms with Crippen molar-refractivity contribution in [2.24, 2.45) is 0 Å². The van der Waals surface area contributed by atoms with Gasteiger partial charge in [-0.25, -0.2) is 0 Å². The Balaban J connectivity index is 0.00000352. The molecular weight excluding hydrogens is 350 g/mol. The number of aliphatic hydroxyl groups excluding tert-OH is 1. The highest BCUT2D eigenvalue weighted by atomic mass is 16.5. The second-order valence-electron chi connectivity index (χ2n) is 7.97. The molecule has 0 bridgehead atoms. The molecule has 0 radical (unpaired) electrons. The Labute approximate surface area is 175 Å². The molecule has 4 heteroatoms. The van der Waals surface area contributed by atoms with Crippen LogP contribution in [0.1, 0.15) is 117 Å². The number of aliphatic hydroxyl groups is 1. The summed E-state index contributed by atoms with van der Waals surface area (Å²) in [4.78, 5) is 14.2. The third-order valence-electron chi connectivity index (χ3n) is 5.73. The molecule has 0 aromatic carbocycles. The minimum atomic E-state index is -0.0468. The first kappa shape index (κ1) is 27.4. The van der Waals surface area contributed by atoms with Gasteiger partial charge in [0.15, 0.2) is 0 Å². The molecule has 2 atom stereocenters. The number of likely N-dealkylation sites (tertiary alicyclic amines) is 1. The molecule has 0 unspecified atom stereocenters. The van der Waals surface area contributed by atoms with Gasteiger partial charge in [0.1, 0.15) is 0 Å². The van der Waals surface area contributed by atoms with Crippen molar-refractivity contribution < 1.29 is 14.6 Å². The van der Waals surface area contributed by atoms with E-state index in [0.29, 0.717) is 13.0 Å². The summed E-state index contributed by atoms with van der Waals surface area (Å²) in [6.45, 7) is 6.95. The van der Waals surface area contributed by atoms with Crippen LogP contribution in [-0.4, -0.2) is 48.3 Å². The molecule has 1 heterocycles. The first-order valence-electron chi connectivity index (χ1n) is 12.2. The standard InChI is InChI=1S/C22H43NO3.C2H6/c1-3-4-5-6-7-8-9-10-11-12-13-14-15-16-22(25)23-18-21(26-2)17-20(23)19-24;1-2/h20-21,24H,3-19H2,1-2H3;1-2H3/t20-,21+;/m0./s1. The molecule has 0 aromatic rings. The van der Waals surface area contributed by atoms with Gasteiger partial charge in [0.2, 0.25) is 5.91 Å². The maximum absolute atomic E-state index is 12.3. The van der Waals surface area contributed by atoms with Crippen molar-refractivity contribution >= 4 is 5.91 Å². The van der Waals surface area contributed by atoms with E-state index < -0.39 is 0 Å². The largest absolute Gasteiger partial charge is 0.394 e. The number of methoxy groups -OCH3 is 1. The maximum Gasteiger partial charge on any atom is 0.222 e. The van der Waals surface area contributed by atoms with Gasteiger partial charge in [-0.3, -0.25) is 4.79 Å². The second kappa shape index (κ2) is 19.7. The molecule has 1 amide bonds. The van der Waals surface area contributed by atoms with Crippen LogP contribution in [0, 0.1) is 0 Å². The average molecular weight is 400 g/mol. The lowest BCUT2D eigenvalue weighted by molar-refractivity contribution is -0.133. The van der Waals surface area contributed by atoms with Gasteiger partial charge in [-0.2, -0.15) is 0 Å². The van der Waals surface area contributed by atoms with Gasteiger partial charge in [-0.15, -0.1) is 0 Å². The van der Waals surface area contributed by atoms with Crippen molar-refractivity contribution in [1.82, 2.24) is 4.90 Å². The number of unbranched alkanes of at least 4 members (excludes halogenated alkanes) is 12. The lowest BCUT2D eigenvalue weighted by atomic mass is 10.0. The van der Waals surface area contributed by atoms with E-state index in [2.05, 4.69) is 6.92 Å². The van der Waals surface area contributed by atoms with E-state index in [1.165, 1.54) is 70.6 Å². The van der Waals surface area contributed by atoms with Crippen molar-refractivity contribution in [3.63, 3.8) is 0 Å². The predicted octanol–water partition coefficient (Wildman–Crippen LogP) is 6.10. The predicted molar refractivity (Wildman–Crippen MR) is 120 cm³/mol. The minimum absolute atomic E-state index is 0.0458. The molecule has 1 fully saturated rings. The fourth-order valence-corrected chi connectivity index (χ4v) is 3.96. The Kier molecular flexibility index (Phi) is 19.3. The van der Waals surface area contributed by atoms with Crippen LogP contribution >= 0.6 is 0 Å². The van der Waals surface area contributed by atoms with Crippen LogP contribution in [0.3, 0.4) is 0 Å². The van der Waals surface area contributed by atoms with Crippen molar-refractivity contribution in [2.45, 2.75) is 129 Å². The molecule has 1 aliphatic rings. The van der Waals surface area contributed by atoms with Gasteiger partial charge >= 0.3 is 0 Å². The van der Waals surface area contributed by atoms with Crippen LogP contribution in [0.4, 0.5) is 0 Å². The van der Waals surface area contributed by atoms with Crippen molar-refractivity contribution in [3.8, 4) is 0 Å². The number of hydrogen-bond donors (Lipinski definition) is 1. The zero-order valence-electron chi connectivity index (χ0n) is 19.4. The van der Waals surface area contributed by atoms with E-state index in [1.54, 1.807) is 7.11 Å². The summed E-state index contributed by atoms with van der Waals surface area (Å²) in [5.41, 5.74) is 0. The van der Waals surface area contributed by atoms with Gasteiger partial charge in [-0.1, -0.05) is 97.8 Å². The number of nitrogens with zero attached hydrogens (tertiary/aromatic N) is 1. The molecular formula is C24H49NO3. The maximum atomic E-state index is 12.3. The molecule has 4 nitrogen and oxygen atoms in total. The molecule has 168 valence electrons. The average Bonchev–Trinajstić information content (AvgIpc) is 3.16. The zero-order valence-corrected chi connectivity index (χ0v) is 19.4. The van der Waals surface area contributed by atoms with Gasteiger partial charge in [0.05, 0.1) is 18.8 Å². The van der Waals surface area contributed by atoms with Gasteiger partial charge in [0, 0.05) is 20.1 Å². The molecule has 1 rings (SSSR count). The summed E-state index contributed by atoms with van der Waals surface area (Å²) in [6, 6.07) is -0.0468. The lowest BCUT2D eigenvalue weighted by Crippen LogP contribution is -2.37. The topological polar surface area (TPSA) is 49.8 Å². The number of rotatable bonds is 16. The first-order chi connectivity index (χ1) is 13.7. The highest BCUT2D eigenvalue weighted by molar-refractivity contribution is 5.76. The number of carbonyl (C=O) groups excluding carboxylic acids is 1. The highest BCUT2D eigenvalue weighted by Gasteiger charge is 2.34. The summed E-state index contributed by atoms with van der Waals surface area (Å²) in [5, 5.41) is 9.43. The Morgan fingerprint density at radius 1 is 0.893 bits per heavy atom. The Morgan fingerprint density at radius 3 is 1.79 bits per heavy atom. The lowest BCUT2D eigenvalue weighted by Gasteiger charge is -2.22. The molecule has 28 heavy (non-hydrogen) atoms. The van der Waals surface area contributed by atoms with Crippen LogP contribution < -0.4 is 0 Å². The van der Waals surface area contributed by atoms with E-state index in [1.807, 2.05) is 18.7 Å². The Morgan fingerprint density at radius 2 is 1.36 bits per heavy atom. The van der Waals surface area contributed by atoms with Crippen LogP contribution in [0.5, 0.6) is 0 Å². The van der Waals surface area contributed by atoms with Crippen LogP contribution in [0.25, 0.3) is 0 Å². The van der Waals surface area contributed by atoms with E-state index in [-0.39, 0.29) is 24.7 Å². The third-order valence-corrected chi connectivity index (χ3v) is 5.73. The molecule has 0 saturated carbocycles. The highest BCUT2D eigenvalue weighted by Crippen LogP contribution is 2.21. The fourth-order valence-electron chi connectivity index (χ4n) is 3.96. The van der Waals surface area contributed by atoms with Crippen molar-refractivity contribution in [3.05, 3.63) is 0 Å². The van der Waals surface area contributed by atoms with Gasteiger partial charge in [0.25, 0.3) is 0 Å². The fraction of sp³-hybridized carbons (Fsp3) is 0.958. The van der Waals surface area contributed by atoms with E-state index in [4.69, 9.17) is 4.74 Å². The SMILES string of the molecule is CC.CCCCCCCCCCCCCCCC(=O)N1C[C@H](OC)C[C@H]1CO. The molecule has 0 aliphatic carbocycles. The Hall–Kier alpha value is -0.610. The number of carbonyl (C=O) groups is 1. The van der Waals surface area contributed by atoms with Gasteiger partial charge < -0.3 is 14.7 Å². The number of hydrogen-bond acceptors (Lipinski definition) is 3. The summed E-state index contributed by atoms with van der Waals surface area (Å²) < 4.78 is 5.34. The number of amides is 1. The summed E-state index contributed by atoms with van der Waals surface area (Å²) in [6.07, 6.45) is 18.6. The third kappa shape index (κ3) is 12.8. The summed E-state index contributed by atoms with van der Waals surface area (Å²) >= 11 is 0. The molecule has 1 N–H and O–H groups in total. The van der Waals surface area contributed by atoms with Crippen LogP contribution in [0.15, 0.2) is 0 Å². The summed E-state index contributed by atoms with van der Waals surface area (Å²) in [5.74, 6) is 0.187. The van der Waals surface area contributed by atoms with E-state index in [9.17, 15) is 9.90 Å².